The van der Waals surface area contributed by atoms with Gasteiger partial charge in [-0.25, -0.2) is 4.98 Å². The zero-order valence-electron chi connectivity index (χ0n) is 17.1. The number of aliphatic hydroxyl groups is 1. The smallest absolute Gasteiger partial charge is 0.275 e. The molecule has 0 bridgehead atoms. The zero-order valence-corrected chi connectivity index (χ0v) is 17.9. The molecule has 3 aromatic rings. The van der Waals surface area contributed by atoms with Crippen LogP contribution in [-0.4, -0.2) is 43.9 Å². The monoisotopic (exact) mass is 450 g/mol. The van der Waals surface area contributed by atoms with Gasteiger partial charge in [0.2, 0.25) is 0 Å². The van der Waals surface area contributed by atoms with Gasteiger partial charge in [0.15, 0.2) is 5.82 Å². The van der Waals surface area contributed by atoms with Crippen LogP contribution in [0.15, 0.2) is 18.3 Å². The number of halogens is 1. The number of aliphatic hydroxyl groups excluding tert-OH is 1. The maximum atomic E-state index is 10.9. The second-order valence-corrected chi connectivity index (χ2v) is 8.76. The van der Waals surface area contributed by atoms with E-state index in [-0.39, 0.29) is 16.8 Å². The standard InChI is InChI=1S/C21H19ClN8O2/c1-21(9-32-10-21)17(31)13-5-11(7-23)6-14(16(13)22)27-20-28-18(26-12-3-4-12)19-25-8-15(24-2)30(19)29-20/h5-6,8,12,17,31H,3-4,9-10H2,1H3,(H2,26,27,28,29). The molecule has 2 fully saturated rings. The van der Waals surface area contributed by atoms with Crippen LogP contribution in [0.5, 0.6) is 0 Å². The van der Waals surface area contributed by atoms with Crippen LogP contribution in [0.3, 0.4) is 0 Å². The number of fused-ring (bicyclic) bond motifs is 1. The number of nitrogens with one attached hydrogen (secondary N) is 2. The molecule has 1 unspecified atom stereocenters. The molecule has 3 N–H and O–H groups in total. The highest BCUT2D eigenvalue weighted by Crippen LogP contribution is 2.44. The number of ether oxygens (including phenoxy) is 1. The van der Waals surface area contributed by atoms with Crippen molar-refractivity contribution < 1.29 is 9.84 Å². The van der Waals surface area contributed by atoms with Gasteiger partial charge in [-0.05, 0) is 25.0 Å². The summed E-state index contributed by atoms with van der Waals surface area (Å²) >= 11 is 6.65. The van der Waals surface area contributed by atoms with Gasteiger partial charge in [-0.15, -0.1) is 4.52 Å². The SMILES string of the molecule is [C-]#[N+]c1cnc2c(NC3CC3)nc(Nc3cc(C#N)cc(C(O)C4(C)COC4)c3Cl)nn12. The van der Waals surface area contributed by atoms with Crippen molar-refractivity contribution in [2.45, 2.75) is 31.9 Å². The molecule has 32 heavy (non-hydrogen) atoms. The quantitative estimate of drug-likeness (QED) is 0.486. The third-order valence-corrected chi connectivity index (χ3v) is 6.09. The second-order valence-electron chi connectivity index (χ2n) is 8.38. The molecule has 11 heteroatoms. The summed E-state index contributed by atoms with van der Waals surface area (Å²) in [4.78, 5) is 12.2. The first-order valence-electron chi connectivity index (χ1n) is 10.1. The molecular weight excluding hydrogens is 432 g/mol. The number of anilines is 3. The Bertz CT molecular complexity index is 1300. The number of hydrogen-bond donors (Lipinski definition) is 3. The van der Waals surface area contributed by atoms with Crippen molar-refractivity contribution in [2.75, 3.05) is 23.8 Å². The van der Waals surface area contributed by atoms with E-state index >= 15 is 0 Å². The maximum absolute atomic E-state index is 10.9. The topological polar surface area (TPSA) is 125 Å². The lowest BCUT2D eigenvalue weighted by molar-refractivity contribution is -0.162. The van der Waals surface area contributed by atoms with E-state index in [4.69, 9.17) is 22.9 Å². The highest BCUT2D eigenvalue weighted by Gasteiger charge is 2.42. The Morgan fingerprint density at radius 2 is 2.22 bits per heavy atom. The molecule has 0 amide bonds. The third kappa shape index (κ3) is 3.49. The first-order chi connectivity index (χ1) is 15.4. The van der Waals surface area contributed by atoms with Crippen molar-refractivity contribution in [1.29, 1.82) is 5.26 Å². The van der Waals surface area contributed by atoms with Crippen molar-refractivity contribution in [1.82, 2.24) is 19.6 Å². The van der Waals surface area contributed by atoms with Gasteiger partial charge in [-0.2, -0.15) is 10.2 Å². The van der Waals surface area contributed by atoms with Crippen LogP contribution in [-0.2, 0) is 4.74 Å². The molecule has 1 atom stereocenters. The summed E-state index contributed by atoms with van der Waals surface area (Å²) in [5.41, 5.74) is 1.12. The van der Waals surface area contributed by atoms with Crippen molar-refractivity contribution >= 4 is 40.5 Å². The number of aromatic nitrogens is 4. The molecular formula is C21H19ClN8O2. The summed E-state index contributed by atoms with van der Waals surface area (Å²) in [6, 6.07) is 5.57. The van der Waals surface area contributed by atoms with E-state index in [0.29, 0.717) is 47.5 Å². The number of hydrogen-bond acceptors (Lipinski definition) is 8. The number of benzene rings is 1. The van der Waals surface area contributed by atoms with E-state index in [1.54, 1.807) is 12.1 Å². The summed E-state index contributed by atoms with van der Waals surface area (Å²) in [6.45, 7) is 10.1. The fourth-order valence-corrected chi connectivity index (χ4v) is 3.86. The van der Waals surface area contributed by atoms with Gasteiger partial charge in [0.05, 0.1) is 47.9 Å². The molecule has 1 saturated heterocycles. The van der Waals surface area contributed by atoms with Crippen LogP contribution in [0, 0.1) is 23.3 Å². The zero-order chi connectivity index (χ0) is 22.5. The second kappa shape index (κ2) is 7.61. The molecule has 2 aromatic heterocycles. The number of nitrogens with zero attached hydrogens (tertiary/aromatic N) is 6. The molecule has 1 aliphatic carbocycles. The number of nitriles is 1. The normalized spacial score (nSPS) is 17.8. The summed E-state index contributed by atoms with van der Waals surface area (Å²) in [6.07, 6.45) is 2.61. The summed E-state index contributed by atoms with van der Waals surface area (Å²) in [7, 11) is 0. The van der Waals surface area contributed by atoms with Gasteiger partial charge in [-0.1, -0.05) is 30.2 Å². The third-order valence-electron chi connectivity index (χ3n) is 5.67. The van der Waals surface area contributed by atoms with Gasteiger partial charge < -0.3 is 25.3 Å². The summed E-state index contributed by atoms with van der Waals surface area (Å²) in [5.74, 6) is 0.932. The van der Waals surface area contributed by atoms with E-state index in [9.17, 15) is 10.4 Å². The first kappa shape index (κ1) is 20.5. The van der Waals surface area contributed by atoms with Crippen LogP contribution in [0.1, 0.15) is 37.0 Å². The first-order valence-corrected chi connectivity index (χ1v) is 10.5. The van der Waals surface area contributed by atoms with Gasteiger partial charge in [0.1, 0.15) is 0 Å². The minimum atomic E-state index is -0.907. The molecule has 2 aliphatic rings. The predicted octanol–water partition coefficient (Wildman–Crippen LogP) is 3.59. The molecule has 1 aliphatic heterocycles. The minimum Gasteiger partial charge on any atom is -0.388 e. The Hall–Kier alpha value is -3.44. The highest BCUT2D eigenvalue weighted by molar-refractivity contribution is 6.34. The maximum Gasteiger partial charge on any atom is 0.275 e. The Kier molecular flexibility index (Phi) is 4.86. The van der Waals surface area contributed by atoms with E-state index in [1.807, 2.05) is 6.92 Å². The Labute approximate surface area is 188 Å². The molecule has 1 aromatic carbocycles. The van der Waals surface area contributed by atoms with Crippen LogP contribution in [0.2, 0.25) is 5.02 Å². The largest absolute Gasteiger partial charge is 0.388 e. The van der Waals surface area contributed by atoms with Gasteiger partial charge >= 0.3 is 0 Å². The van der Waals surface area contributed by atoms with Gasteiger partial charge in [-0.3, -0.25) is 0 Å². The average Bonchev–Trinajstić information content (AvgIpc) is 3.49. The Morgan fingerprint density at radius 3 is 2.84 bits per heavy atom. The average molecular weight is 451 g/mol. The van der Waals surface area contributed by atoms with Crippen molar-refractivity contribution in [3.05, 3.63) is 45.9 Å². The fraction of sp³-hybridized carbons (Fsp3) is 0.381. The Morgan fingerprint density at radius 1 is 1.44 bits per heavy atom. The van der Waals surface area contributed by atoms with E-state index in [0.717, 1.165) is 12.8 Å². The number of imidazole rings is 1. The fourth-order valence-electron chi connectivity index (χ4n) is 3.60. The van der Waals surface area contributed by atoms with Crippen molar-refractivity contribution in [3.8, 4) is 6.07 Å². The lowest BCUT2D eigenvalue weighted by Gasteiger charge is -2.42. The van der Waals surface area contributed by atoms with Crippen LogP contribution < -0.4 is 10.6 Å². The van der Waals surface area contributed by atoms with Crippen molar-refractivity contribution in [2.24, 2.45) is 5.41 Å². The predicted molar refractivity (Wildman–Crippen MR) is 117 cm³/mol. The van der Waals surface area contributed by atoms with Crippen LogP contribution in [0.4, 0.5) is 23.3 Å². The molecule has 3 heterocycles. The minimum absolute atomic E-state index is 0.180. The molecule has 10 nitrogen and oxygen atoms in total. The highest BCUT2D eigenvalue weighted by atomic mass is 35.5. The summed E-state index contributed by atoms with van der Waals surface area (Å²) < 4.78 is 6.68. The molecule has 1 saturated carbocycles. The van der Waals surface area contributed by atoms with E-state index in [1.165, 1.54) is 10.7 Å². The molecule has 162 valence electrons. The van der Waals surface area contributed by atoms with Crippen LogP contribution in [0.25, 0.3) is 10.5 Å². The molecule has 0 spiro atoms. The van der Waals surface area contributed by atoms with Gasteiger partial charge in [0, 0.05) is 17.0 Å². The van der Waals surface area contributed by atoms with Crippen molar-refractivity contribution in [3.63, 3.8) is 0 Å². The summed E-state index contributed by atoms with van der Waals surface area (Å²) in [5, 5.41) is 31.5. The number of rotatable bonds is 6. The lowest BCUT2D eigenvalue weighted by Crippen LogP contribution is -2.44. The van der Waals surface area contributed by atoms with E-state index in [2.05, 4.69) is 36.6 Å². The van der Waals surface area contributed by atoms with Crippen LogP contribution >= 0.6 is 11.6 Å². The lowest BCUT2D eigenvalue weighted by atomic mass is 9.78. The molecule has 0 radical (unpaired) electrons. The Balaban J connectivity index is 1.57. The van der Waals surface area contributed by atoms with E-state index < -0.39 is 11.5 Å². The molecule has 5 rings (SSSR count). The van der Waals surface area contributed by atoms with Gasteiger partial charge in [0.25, 0.3) is 17.4 Å².